The normalized spacial score (nSPS) is 8.40. The van der Waals surface area contributed by atoms with Crippen molar-refractivity contribution in [1.82, 2.24) is 15.0 Å². The zero-order valence-corrected chi connectivity index (χ0v) is 6.70. The average Bonchev–Trinajstić information content (AvgIpc) is 1.59. The molecule has 0 saturated heterocycles. The van der Waals surface area contributed by atoms with Crippen LogP contribution < -0.4 is 17.2 Å². The molecule has 0 aliphatic heterocycles. The number of rotatable bonds is 0. The van der Waals surface area contributed by atoms with E-state index in [9.17, 15) is 0 Å². The Balaban J connectivity index is 0. The van der Waals surface area contributed by atoms with E-state index in [2.05, 4.69) is 15.0 Å². The van der Waals surface area contributed by atoms with Gasteiger partial charge in [-0.05, 0) is 0 Å². The van der Waals surface area contributed by atoms with Crippen LogP contribution in [0.2, 0.25) is 0 Å². The first kappa shape index (κ1) is 8.89. The van der Waals surface area contributed by atoms with E-state index in [1.54, 1.807) is 0 Å². The Kier molecular flexibility index (Phi) is 2.81. The molecular weight excluding hydrogens is 200 g/mol. The van der Waals surface area contributed by atoms with Crippen LogP contribution in [0, 0.1) is 0 Å². The molecule has 0 saturated carbocycles. The van der Waals surface area contributed by atoms with Crippen molar-refractivity contribution in [3.63, 3.8) is 0 Å². The van der Waals surface area contributed by atoms with Crippen molar-refractivity contribution in [3.05, 3.63) is 0 Å². The first-order valence-electron chi connectivity index (χ1n) is 2.21. The molecule has 6 N–H and O–H groups in total. The van der Waals surface area contributed by atoms with Crippen LogP contribution in [0.5, 0.6) is 0 Å². The van der Waals surface area contributed by atoms with Gasteiger partial charge in [-0.2, -0.15) is 15.0 Å². The maximum atomic E-state index is 5.14. The smallest absolute Gasteiger partial charge is 0.368 e. The number of hydrogen-bond donors (Lipinski definition) is 3. The van der Waals surface area contributed by atoms with Gasteiger partial charge in [0, 0.05) is 0 Å². The Labute approximate surface area is 69.1 Å². The van der Waals surface area contributed by atoms with Crippen molar-refractivity contribution in [2.75, 3.05) is 17.2 Å². The molecule has 0 aromatic carbocycles. The summed E-state index contributed by atoms with van der Waals surface area (Å²) >= 11 is 0. The predicted molar refractivity (Wildman–Crippen MR) is 44.5 cm³/mol. The summed E-state index contributed by atoms with van der Waals surface area (Å²) < 4.78 is 0. The van der Waals surface area contributed by atoms with Crippen LogP contribution in [-0.2, 0) is 0 Å². The highest BCUT2D eigenvalue weighted by Crippen LogP contribution is 1.97. The second-order valence-electron chi connectivity index (χ2n) is 1.41. The zero-order chi connectivity index (χ0) is 6.85. The molecule has 1 aromatic heterocycles. The van der Waals surface area contributed by atoms with Crippen molar-refractivity contribution in [3.8, 4) is 0 Å². The van der Waals surface area contributed by atoms with Crippen molar-refractivity contribution < 1.29 is 1.43 Å². The Morgan fingerprint density at radius 3 is 1.20 bits per heavy atom. The van der Waals surface area contributed by atoms with E-state index in [4.69, 9.17) is 17.2 Å². The summed E-state index contributed by atoms with van der Waals surface area (Å²) in [4.78, 5) is 10.5. The van der Waals surface area contributed by atoms with Gasteiger partial charge < -0.3 is 17.2 Å². The van der Waals surface area contributed by atoms with Crippen molar-refractivity contribution in [2.24, 2.45) is 0 Å². The zero-order valence-electron chi connectivity index (χ0n) is 5.98. The summed E-state index contributed by atoms with van der Waals surface area (Å²) in [6, 6.07) is 0. The third-order valence-electron chi connectivity index (χ3n) is 0.687. The number of halogens is 1. The molecule has 0 fully saturated rings. The Hall–Kier alpha value is -1.11. The first-order chi connectivity index (χ1) is 4.18. The van der Waals surface area contributed by atoms with Crippen LogP contribution in [0.25, 0.3) is 0 Å². The quantitative estimate of drug-likeness (QED) is 0.519. The van der Waals surface area contributed by atoms with E-state index in [0.717, 1.165) is 0 Å². The largest absolute Gasteiger partial charge is 1.00 e. The Morgan fingerprint density at radius 1 is 0.800 bits per heavy atom. The van der Waals surface area contributed by atoms with Gasteiger partial charge in [0.25, 0.3) is 0 Å². The first-order valence-corrected chi connectivity index (χ1v) is 2.21. The molecule has 0 spiro atoms. The maximum Gasteiger partial charge on any atom is 1.00 e. The maximum absolute atomic E-state index is 5.14. The summed E-state index contributed by atoms with van der Waals surface area (Å²) in [5, 5.41) is 0. The molecule has 0 bridgehead atoms. The Morgan fingerprint density at radius 2 is 1.00 bits per heavy atom. The molecule has 0 aliphatic carbocycles. The Bertz CT molecular complexity index is 179. The minimum absolute atomic E-state index is 0. The average molecular weight is 208 g/mol. The summed E-state index contributed by atoms with van der Waals surface area (Å²) in [6.07, 6.45) is 0. The van der Waals surface area contributed by atoms with Gasteiger partial charge in [-0.15, -0.1) is 17.0 Å². The minimum Gasteiger partial charge on any atom is -0.368 e. The second kappa shape index (κ2) is 3.16. The summed E-state index contributed by atoms with van der Waals surface area (Å²) in [5.41, 5.74) is 15.4. The molecule has 0 amide bonds. The molecule has 7 heteroatoms. The second-order valence-corrected chi connectivity index (χ2v) is 1.41. The highest BCUT2D eigenvalue weighted by molar-refractivity contribution is 8.93. The summed E-state index contributed by atoms with van der Waals surface area (Å²) in [5.74, 6) is 0.125. The lowest BCUT2D eigenvalue weighted by Gasteiger charge is -1.93. The van der Waals surface area contributed by atoms with Gasteiger partial charge in [-0.25, -0.2) is 0 Å². The molecular formula is C3H8BrN6+. The lowest BCUT2D eigenvalue weighted by Crippen LogP contribution is -2.05. The highest BCUT2D eigenvalue weighted by atomic mass is 79.9. The lowest BCUT2D eigenvalue weighted by atomic mass is 10.9. The SMILES string of the molecule is Br.Nc1nc(N)nc(N)n1.[H+]. The van der Waals surface area contributed by atoms with Crippen LogP contribution in [0.1, 0.15) is 1.43 Å². The molecule has 1 aromatic rings. The summed E-state index contributed by atoms with van der Waals surface area (Å²) in [7, 11) is 0. The molecule has 0 atom stereocenters. The fourth-order valence-electron chi connectivity index (χ4n) is 0.427. The molecule has 56 valence electrons. The van der Waals surface area contributed by atoms with E-state index in [1.165, 1.54) is 0 Å². The van der Waals surface area contributed by atoms with Gasteiger partial charge in [-0.3, -0.25) is 0 Å². The van der Waals surface area contributed by atoms with Gasteiger partial charge in [0.2, 0.25) is 17.8 Å². The number of aromatic nitrogens is 3. The fraction of sp³-hybridized carbons (Fsp3) is 0. The molecule has 0 aliphatic rings. The third kappa shape index (κ3) is 2.02. The van der Waals surface area contributed by atoms with Gasteiger partial charge in [-0.1, -0.05) is 0 Å². The van der Waals surface area contributed by atoms with Gasteiger partial charge in [0.15, 0.2) is 0 Å². The highest BCUT2D eigenvalue weighted by Gasteiger charge is 1.93. The number of anilines is 3. The number of nitrogens with zero attached hydrogens (tertiary/aromatic N) is 3. The fourth-order valence-corrected chi connectivity index (χ4v) is 0.427. The monoisotopic (exact) mass is 207 g/mol. The van der Waals surface area contributed by atoms with Crippen LogP contribution in [0.15, 0.2) is 0 Å². The molecule has 6 nitrogen and oxygen atoms in total. The predicted octanol–water partition coefficient (Wildman–Crippen LogP) is -0.691. The van der Waals surface area contributed by atoms with Crippen molar-refractivity contribution >= 4 is 34.8 Å². The van der Waals surface area contributed by atoms with E-state index in [-0.39, 0.29) is 36.3 Å². The van der Waals surface area contributed by atoms with E-state index >= 15 is 0 Å². The van der Waals surface area contributed by atoms with Crippen LogP contribution in [-0.4, -0.2) is 15.0 Å². The van der Waals surface area contributed by atoms with Crippen molar-refractivity contribution in [2.45, 2.75) is 0 Å². The van der Waals surface area contributed by atoms with Crippen molar-refractivity contribution in [1.29, 1.82) is 0 Å². The van der Waals surface area contributed by atoms with E-state index in [0.29, 0.717) is 0 Å². The van der Waals surface area contributed by atoms with Gasteiger partial charge in [0.1, 0.15) is 0 Å². The van der Waals surface area contributed by atoms with E-state index in [1.807, 2.05) is 0 Å². The minimum atomic E-state index is 0. The number of hydrogen-bond acceptors (Lipinski definition) is 6. The number of nitrogen functional groups attached to an aromatic ring is 3. The van der Waals surface area contributed by atoms with E-state index < -0.39 is 0 Å². The number of nitrogens with two attached hydrogens (primary N) is 3. The topological polar surface area (TPSA) is 117 Å². The summed E-state index contributed by atoms with van der Waals surface area (Å²) in [6.45, 7) is 0. The molecule has 1 rings (SSSR count). The van der Waals surface area contributed by atoms with Gasteiger partial charge in [0.05, 0.1) is 0 Å². The van der Waals surface area contributed by atoms with Crippen LogP contribution in [0.4, 0.5) is 17.8 Å². The standard InChI is InChI=1S/C3H6N6.BrH/c4-1-7-2(5)9-3(6)8-1;/h(H6,4,5,6,7,8,9);1H/p+1. The lowest BCUT2D eigenvalue weighted by molar-refractivity contribution is 1.09. The molecule has 1 heterocycles. The van der Waals surface area contributed by atoms with Crippen LogP contribution in [0.3, 0.4) is 0 Å². The third-order valence-corrected chi connectivity index (χ3v) is 0.687. The van der Waals surface area contributed by atoms with Crippen LogP contribution >= 0.6 is 17.0 Å². The molecule has 0 radical (unpaired) electrons. The molecule has 10 heavy (non-hydrogen) atoms. The van der Waals surface area contributed by atoms with Gasteiger partial charge >= 0.3 is 1.43 Å². The molecule has 0 unspecified atom stereocenters.